The van der Waals surface area contributed by atoms with Crippen LogP contribution in [-0.4, -0.2) is 17.7 Å². The van der Waals surface area contributed by atoms with Crippen LogP contribution in [0.15, 0.2) is 0 Å². The molecule has 4 heteroatoms. The fraction of sp³-hybridized carbons (Fsp3) is 1.00. The summed E-state index contributed by atoms with van der Waals surface area (Å²) in [4.78, 5) is 0. The van der Waals surface area contributed by atoms with Gasteiger partial charge in [-0.05, 0) is 20.3 Å². The van der Waals surface area contributed by atoms with E-state index in [0.29, 0.717) is 6.42 Å². The molecule has 0 aromatic carbocycles. The van der Waals surface area contributed by atoms with E-state index in [-0.39, 0.29) is 0 Å². The minimum Gasteiger partial charge on any atom is -0.285 e. The van der Waals surface area contributed by atoms with Crippen molar-refractivity contribution in [2.75, 3.05) is 0 Å². The molecule has 0 rings (SSSR count). The molecular weight excluding hydrogens is 176 g/mol. The fourth-order valence-electron chi connectivity index (χ4n) is 0.930. The van der Waals surface area contributed by atoms with E-state index in [9.17, 15) is 8.42 Å². The van der Waals surface area contributed by atoms with Gasteiger partial charge < -0.3 is 0 Å². The van der Waals surface area contributed by atoms with Crippen LogP contribution in [0.5, 0.6) is 0 Å². The minimum absolute atomic E-state index is 0.527. The largest absolute Gasteiger partial charge is 0.285 e. The Bertz CT molecular complexity index is 216. The summed E-state index contributed by atoms with van der Waals surface area (Å²) in [5, 5.41) is 0. The van der Waals surface area contributed by atoms with Crippen molar-refractivity contribution in [3.63, 3.8) is 0 Å². The van der Waals surface area contributed by atoms with Crippen LogP contribution in [-0.2, 0) is 10.1 Å². The molecule has 0 saturated carbocycles. The van der Waals surface area contributed by atoms with Gasteiger partial charge in [-0.1, -0.05) is 26.2 Å². The van der Waals surface area contributed by atoms with Gasteiger partial charge in [-0.2, -0.15) is 8.42 Å². The molecule has 0 amide bonds. The zero-order valence-electron chi connectivity index (χ0n) is 8.00. The van der Waals surface area contributed by atoms with E-state index in [1.165, 1.54) is 0 Å². The number of hydrogen-bond acceptors (Lipinski definition) is 2. The van der Waals surface area contributed by atoms with E-state index < -0.39 is 14.9 Å². The Morgan fingerprint density at radius 3 is 2.08 bits per heavy atom. The van der Waals surface area contributed by atoms with Crippen LogP contribution in [0.2, 0.25) is 0 Å². The van der Waals surface area contributed by atoms with Crippen LogP contribution >= 0.6 is 0 Å². The highest BCUT2D eigenvalue weighted by molar-refractivity contribution is 7.87. The molecule has 0 aromatic heterocycles. The van der Waals surface area contributed by atoms with Crippen molar-refractivity contribution in [1.82, 2.24) is 0 Å². The Kier molecular flexibility index (Phi) is 4.20. The lowest BCUT2D eigenvalue weighted by Gasteiger charge is -2.20. The van der Waals surface area contributed by atoms with Crippen LogP contribution in [0.25, 0.3) is 0 Å². The lowest BCUT2D eigenvalue weighted by molar-refractivity contribution is 0.424. The highest BCUT2D eigenvalue weighted by Gasteiger charge is 2.31. The van der Waals surface area contributed by atoms with Crippen molar-refractivity contribution in [3.05, 3.63) is 0 Å². The van der Waals surface area contributed by atoms with Gasteiger partial charge in [0.1, 0.15) is 0 Å². The molecule has 3 nitrogen and oxygen atoms in total. The number of rotatable bonds is 5. The molecule has 0 aliphatic carbocycles. The molecule has 0 atom stereocenters. The molecule has 0 spiro atoms. The second-order valence-electron chi connectivity index (χ2n) is 3.69. The average molecular weight is 194 g/mol. The predicted octanol–water partition coefficient (Wildman–Crippen LogP) is 2.23. The van der Waals surface area contributed by atoms with E-state index in [2.05, 4.69) is 6.92 Å². The minimum atomic E-state index is -3.88. The Morgan fingerprint density at radius 1 is 1.25 bits per heavy atom. The third-order valence-electron chi connectivity index (χ3n) is 2.08. The summed E-state index contributed by atoms with van der Waals surface area (Å²) in [5.74, 6) is 0. The van der Waals surface area contributed by atoms with Crippen LogP contribution in [0.1, 0.15) is 46.5 Å². The van der Waals surface area contributed by atoms with E-state index in [1.807, 2.05) is 0 Å². The zero-order chi connectivity index (χ0) is 9.83. The van der Waals surface area contributed by atoms with Crippen LogP contribution < -0.4 is 0 Å². The van der Waals surface area contributed by atoms with Crippen molar-refractivity contribution in [3.8, 4) is 0 Å². The summed E-state index contributed by atoms with van der Waals surface area (Å²) in [6, 6.07) is 0. The predicted molar refractivity (Wildman–Crippen MR) is 49.8 cm³/mol. The van der Waals surface area contributed by atoms with Crippen molar-refractivity contribution >= 4 is 10.1 Å². The maximum absolute atomic E-state index is 10.8. The van der Waals surface area contributed by atoms with Crippen molar-refractivity contribution < 1.29 is 13.0 Å². The van der Waals surface area contributed by atoms with Gasteiger partial charge in [-0.15, -0.1) is 0 Å². The molecule has 0 saturated heterocycles. The topological polar surface area (TPSA) is 54.4 Å². The second-order valence-corrected chi connectivity index (χ2v) is 5.75. The van der Waals surface area contributed by atoms with Crippen molar-refractivity contribution in [2.24, 2.45) is 0 Å². The number of hydrogen-bond donors (Lipinski definition) is 1. The Hall–Kier alpha value is -0.0900. The Labute approximate surface area is 74.9 Å². The van der Waals surface area contributed by atoms with Crippen LogP contribution in [0, 0.1) is 0 Å². The highest BCUT2D eigenvalue weighted by Crippen LogP contribution is 2.22. The summed E-state index contributed by atoms with van der Waals surface area (Å²) in [6.07, 6.45) is 3.45. The van der Waals surface area contributed by atoms with Gasteiger partial charge in [-0.25, -0.2) is 0 Å². The normalized spacial score (nSPS) is 13.3. The molecular formula is C8H18O3S. The van der Waals surface area contributed by atoms with Crippen LogP contribution in [0.4, 0.5) is 0 Å². The van der Waals surface area contributed by atoms with Gasteiger partial charge >= 0.3 is 0 Å². The van der Waals surface area contributed by atoms with Gasteiger partial charge in [0.25, 0.3) is 10.1 Å². The van der Waals surface area contributed by atoms with Gasteiger partial charge in [0, 0.05) is 0 Å². The van der Waals surface area contributed by atoms with Gasteiger partial charge in [0.2, 0.25) is 0 Å². The summed E-state index contributed by atoms with van der Waals surface area (Å²) < 4.78 is 29.4. The average Bonchev–Trinajstić information content (AvgIpc) is 1.85. The standard InChI is InChI=1S/C8H18O3S/c1-4-5-6-7-8(2,3)12(9,10)11/h4-7H2,1-3H3,(H,9,10,11). The third kappa shape index (κ3) is 3.54. The van der Waals surface area contributed by atoms with Crippen molar-refractivity contribution in [1.29, 1.82) is 0 Å². The van der Waals surface area contributed by atoms with E-state index in [0.717, 1.165) is 19.3 Å². The molecule has 12 heavy (non-hydrogen) atoms. The smallest absolute Gasteiger partial charge is 0.270 e. The first kappa shape index (κ1) is 11.9. The third-order valence-corrected chi connectivity index (χ3v) is 3.68. The molecule has 0 fully saturated rings. The maximum atomic E-state index is 10.8. The van der Waals surface area contributed by atoms with Crippen molar-refractivity contribution in [2.45, 2.75) is 51.2 Å². The van der Waals surface area contributed by atoms with Crippen LogP contribution in [0.3, 0.4) is 0 Å². The lowest BCUT2D eigenvalue weighted by atomic mass is 10.0. The van der Waals surface area contributed by atoms with Gasteiger partial charge in [-0.3, -0.25) is 4.55 Å². The monoisotopic (exact) mass is 194 g/mol. The summed E-state index contributed by atoms with van der Waals surface area (Å²) in [6.45, 7) is 5.16. The first-order valence-corrected chi connectivity index (χ1v) is 5.72. The zero-order valence-corrected chi connectivity index (χ0v) is 8.82. The summed E-state index contributed by atoms with van der Waals surface area (Å²) in [5.41, 5.74) is 0. The Balaban J connectivity index is 4.06. The van der Waals surface area contributed by atoms with E-state index in [1.54, 1.807) is 13.8 Å². The molecule has 74 valence electrons. The van der Waals surface area contributed by atoms with E-state index >= 15 is 0 Å². The maximum Gasteiger partial charge on any atom is 0.270 e. The summed E-state index contributed by atoms with van der Waals surface area (Å²) in [7, 11) is -3.88. The Morgan fingerprint density at radius 2 is 1.75 bits per heavy atom. The van der Waals surface area contributed by atoms with E-state index in [4.69, 9.17) is 4.55 Å². The fourth-order valence-corrected chi connectivity index (χ4v) is 1.33. The molecule has 1 N–H and O–H groups in total. The first-order valence-electron chi connectivity index (χ1n) is 4.28. The first-order chi connectivity index (χ1) is 5.31. The molecule has 0 aliphatic heterocycles. The SMILES string of the molecule is CCCCCC(C)(C)S(=O)(=O)O. The summed E-state index contributed by atoms with van der Waals surface area (Å²) >= 11 is 0. The quantitative estimate of drug-likeness (QED) is 0.539. The second kappa shape index (κ2) is 4.23. The van der Waals surface area contributed by atoms with Gasteiger partial charge in [0.05, 0.1) is 4.75 Å². The number of unbranched alkanes of at least 4 members (excludes halogenated alkanes) is 2. The van der Waals surface area contributed by atoms with Gasteiger partial charge in [0.15, 0.2) is 0 Å². The molecule has 0 radical (unpaired) electrons. The highest BCUT2D eigenvalue weighted by atomic mass is 32.2. The molecule has 0 aromatic rings. The molecule has 0 bridgehead atoms. The molecule has 0 aliphatic rings. The molecule has 0 unspecified atom stereocenters. The lowest BCUT2D eigenvalue weighted by Crippen LogP contribution is -2.31. The molecule has 0 heterocycles.